The number of halogens is 1. The maximum Gasteiger partial charge on any atom is 0.160 e. The third-order valence-corrected chi connectivity index (χ3v) is 3.09. The summed E-state index contributed by atoms with van der Waals surface area (Å²) in [5.74, 6) is 0.767. The summed E-state index contributed by atoms with van der Waals surface area (Å²) >= 11 is 5.82. The standard InChI is InChI=1S/C14H12ClN3O/c15-10-3-5-12(6-4-10)19-9-11-8-17-14-13(16)2-1-7-18(11)14/h1-8H,9,16H2. The quantitative estimate of drug-likeness (QED) is 0.797. The van der Waals surface area contributed by atoms with E-state index < -0.39 is 0 Å². The fourth-order valence-corrected chi connectivity index (χ4v) is 2.00. The molecule has 0 aliphatic heterocycles. The molecule has 0 atom stereocenters. The first-order valence-electron chi connectivity index (χ1n) is 5.83. The predicted molar refractivity (Wildman–Crippen MR) is 75.4 cm³/mol. The van der Waals surface area contributed by atoms with Gasteiger partial charge in [0.05, 0.1) is 17.6 Å². The zero-order valence-electron chi connectivity index (χ0n) is 10.1. The molecule has 3 rings (SSSR count). The number of nitrogen functional groups attached to an aromatic ring is 1. The van der Waals surface area contributed by atoms with E-state index in [0.29, 0.717) is 17.3 Å². The van der Waals surface area contributed by atoms with Gasteiger partial charge in [-0.25, -0.2) is 4.98 Å². The molecule has 3 aromatic rings. The van der Waals surface area contributed by atoms with E-state index in [1.807, 2.05) is 34.9 Å². The van der Waals surface area contributed by atoms with Gasteiger partial charge >= 0.3 is 0 Å². The van der Waals surface area contributed by atoms with Crippen molar-refractivity contribution < 1.29 is 4.74 Å². The van der Waals surface area contributed by atoms with Crippen LogP contribution in [0.2, 0.25) is 5.02 Å². The molecule has 0 spiro atoms. The van der Waals surface area contributed by atoms with Gasteiger partial charge in [-0.15, -0.1) is 0 Å². The van der Waals surface area contributed by atoms with Gasteiger partial charge in [0.2, 0.25) is 0 Å². The van der Waals surface area contributed by atoms with Gasteiger partial charge in [0.25, 0.3) is 0 Å². The summed E-state index contributed by atoms with van der Waals surface area (Å²) < 4.78 is 7.61. The highest BCUT2D eigenvalue weighted by molar-refractivity contribution is 6.30. The number of pyridine rings is 1. The van der Waals surface area contributed by atoms with Gasteiger partial charge < -0.3 is 10.5 Å². The number of ether oxygens (including phenoxy) is 1. The molecule has 0 aliphatic carbocycles. The molecule has 0 unspecified atom stereocenters. The lowest BCUT2D eigenvalue weighted by Crippen LogP contribution is -2.00. The van der Waals surface area contributed by atoms with Crippen LogP contribution < -0.4 is 10.5 Å². The van der Waals surface area contributed by atoms with Crippen molar-refractivity contribution in [2.75, 3.05) is 5.73 Å². The van der Waals surface area contributed by atoms with E-state index in [1.54, 1.807) is 18.3 Å². The molecule has 2 heterocycles. The van der Waals surface area contributed by atoms with Crippen molar-refractivity contribution in [3.05, 3.63) is 59.5 Å². The van der Waals surface area contributed by atoms with Crippen molar-refractivity contribution in [2.45, 2.75) is 6.61 Å². The summed E-state index contributed by atoms with van der Waals surface area (Å²) in [4.78, 5) is 4.28. The van der Waals surface area contributed by atoms with Crippen molar-refractivity contribution in [2.24, 2.45) is 0 Å². The highest BCUT2D eigenvalue weighted by Gasteiger charge is 2.05. The molecule has 0 saturated carbocycles. The van der Waals surface area contributed by atoms with E-state index in [0.717, 1.165) is 17.1 Å². The molecule has 2 N–H and O–H groups in total. The molecule has 19 heavy (non-hydrogen) atoms. The lowest BCUT2D eigenvalue weighted by Gasteiger charge is -2.06. The maximum atomic E-state index is 5.85. The van der Waals surface area contributed by atoms with Crippen LogP contribution in [0.5, 0.6) is 5.75 Å². The number of rotatable bonds is 3. The van der Waals surface area contributed by atoms with Crippen molar-refractivity contribution in [3.63, 3.8) is 0 Å². The van der Waals surface area contributed by atoms with E-state index in [1.165, 1.54) is 0 Å². The summed E-state index contributed by atoms with van der Waals surface area (Å²) in [6.07, 6.45) is 3.68. The first-order valence-corrected chi connectivity index (χ1v) is 6.20. The first kappa shape index (κ1) is 11.9. The number of benzene rings is 1. The van der Waals surface area contributed by atoms with Crippen molar-refractivity contribution in [3.8, 4) is 5.75 Å². The summed E-state index contributed by atoms with van der Waals surface area (Å²) in [7, 11) is 0. The SMILES string of the molecule is Nc1cccn2c(COc3ccc(Cl)cc3)cnc12. The van der Waals surface area contributed by atoms with Crippen molar-refractivity contribution in [1.82, 2.24) is 9.38 Å². The minimum Gasteiger partial charge on any atom is -0.487 e. The Labute approximate surface area is 115 Å². The largest absolute Gasteiger partial charge is 0.487 e. The summed E-state index contributed by atoms with van der Waals surface area (Å²) in [5.41, 5.74) is 8.20. The zero-order chi connectivity index (χ0) is 13.2. The molecule has 0 radical (unpaired) electrons. The van der Waals surface area contributed by atoms with E-state index in [9.17, 15) is 0 Å². The van der Waals surface area contributed by atoms with Crippen LogP contribution in [0.1, 0.15) is 5.69 Å². The molecule has 0 saturated heterocycles. The van der Waals surface area contributed by atoms with Crippen molar-refractivity contribution in [1.29, 1.82) is 0 Å². The third kappa shape index (κ3) is 2.35. The van der Waals surface area contributed by atoms with Crippen LogP contribution in [-0.2, 0) is 6.61 Å². The van der Waals surface area contributed by atoms with Gasteiger partial charge in [-0.1, -0.05) is 11.6 Å². The van der Waals surface area contributed by atoms with Gasteiger partial charge in [-0.3, -0.25) is 4.40 Å². The Morgan fingerprint density at radius 3 is 2.79 bits per heavy atom. The van der Waals surface area contributed by atoms with E-state index in [-0.39, 0.29) is 0 Å². The lowest BCUT2D eigenvalue weighted by molar-refractivity contribution is 0.300. The molecular weight excluding hydrogens is 262 g/mol. The summed E-state index contributed by atoms with van der Waals surface area (Å²) in [6.45, 7) is 0.423. The first-order chi connectivity index (χ1) is 9.24. The number of hydrogen-bond donors (Lipinski definition) is 1. The van der Waals surface area contributed by atoms with E-state index >= 15 is 0 Å². The molecule has 96 valence electrons. The lowest BCUT2D eigenvalue weighted by atomic mass is 10.3. The molecule has 5 heteroatoms. The molecule has 1 aromatic carbocycles. The van der Waals surface area contributed by atoms with Gasteiger partial charge in [0.15, 0.2) is 5.65 Å². The number of fused-ring (bicyclic) bond motifs is 1. The minimum absolute atomic E-state index is 0.423. The molecule has 0 aliphatic rings. The Morgan fingerprint density at radius 2 is 2.00 bits per heavy atom. The highest BCUT2D eigenvalue weighted by atomic mass is 35.5. The Balaban J connectivity index is 1.82. The van der Waals surface area contributed by atoms with Gasteiger partial charge in [-0.05, 0) is 36.4 Å². The second-order valence-electron chi connectivity index (χ2n) is 4.15. The van der Waals surface area contributed by atoms with Crippen LogP contribution in [-0.4, -0.2) is 9.38 Å². The average Bonchev–Trinajstić information content (AvgIpc) is 2.83. The van der Waals surface area contributed by atoms with Gasteiger partial charge in [-0.2, -0.15) is 0 Å². The van der Waals surface area contributed by atoms with Crippen LogP contribution in [0.25, 0.3) is 5.65 Å². The molecule has 0 fully saturated rings. The highest BCUT2D eigenvalue weighted by Crippen LogP contribution is 2.18. The Hall–Kier alpha value is -2.20. The fraction of sp³-hybridized carbons (Fsp3) is 0.0714. The van der Waals surface area contributed by atoms with Crippen LogP contribution in [0.15, 0.2) is 48.8 Å². The predicted octanol–water partition coefficient (Wildman–Crippen LogP) is 3.15. The average molecular weight is 274 g/mol. The fourth-order valence-electron chi connectivity index (χ4n) is 1.88. The third-order valence-electron chi connectivity index (χ3n) is 2.84. The molecular formula is C14H12ClN3O. The zero-order valence-corrected chi connectivity index (χ0v) is 10.8. The minimum atomic E-state index is 0.423. The normalized spacial score (nSPS) is 10.8. The van der Waals surface area contributed by atoms with Gasteiger partial charge in [0, 0.05) is 11.2 Å². The van der Waals surface area contributed by atoms with Crippen LogP contribution in [0.3, 0.4) is 0 Å². The molecule has 0 amide bonds. The number of nitrogens with two attached hydrogens (primary N) is 1. The van der Waals surface area contributed by atoms with E-state index in [2.05, 4.69) is 4.98 Å². The monoisotopic (exact) mass is 273 g/mol. The van der Waals surface area contributed by atoms with Crippen LogP contribution in [0.4, 0.5) is 5.69 Å². The van der Waals surface area contributed by atoms with E-state index in [4.69, 9.17) is 22.1 Å². The summed E-state index contributed by atoms with van der Waals surface area (Å²) in [5, 5.41) is 0.690. The Kier molecular flexibility index (Phi) is 3.01. The Bertz CT molecular complexity index is 706. The maximum absolute atomic E-state index is 5.85. The number of hydrogen-bond acceptors (Lipinski definition) is 3. The van der Waals surface area contributed by atoms with Crippen molar-refractivity contribution >= 4 is 22.9 Å². The Morgan fingerprint density at radius 1 is 1.21 bits per heavy atom. The molecule has 0 bridgehead atoms. The summed E-state index contributed by atoms with van der Waals surface area (Å²) in [6, 6.07) is 11.0. The number of nitrogens with zero attached hydrogens (tertiary/aromatic N) is 2. The molecule has 4 nitrogen and oxygen atoms in total. The number of aromatic nitrogens is 2. The van der Waals surface area contributed by atoms with Gasteiger partial charge in [0.1, 0.15) is 12.4 Å². The smallest absolute Gasteiger partial charge is 0.160 e. The number of imidazole rings is 1. The number of anilines is 1. The second kappa shape index (κ2) is 4.82. The molecule has 2 aromatic heterocycles. The van der Waals surface area contributed by atoms with Crippen LogP contribution in [0, 0.1) is 0 Å². The second-order valence-corrected chi connectivity index (χ2v) is 4.59. The topological polar surface area (TPSA) is 52.5 Å². The van der Waals surface area contributed by atoms with Crippen LogP contribution >= 0.6 is 11.6 Å².